The largest absolute Gasteiger partial charge is 0.369 e. The first-order chi connectivity index (χ1) is 16.6. The van der Waals surface area contributed by atoms with Gasteiger partial charge in [-0.15, -0.1) is 0 Å². The smallest absolute Gasteiger partial charge is 0.279 e. The number of rotatable bonds is 7. The number of halogens is 1. The van der Waals surface area contributed by atoms with Gasteiger partial charge in [-0.25, -0.2) is 4.39 Å². The number of amides is 2. The average Bonchev–Trinajstić information content (AvgIpc) is 3.47. The predicted octanol–water partition coefficient (Wildman–Crippen LogP) is 2.83. The Bertz CT molecular complexity index is 1330. The van der Waals surface area contributed by atoms with E-state index in [0.29, 0.717) is 41.1 Å². The third-order valence-corrected chi connectivity index (χ3v) is 5.74. The number of fused-ring (bicyclic) bond motifs is 1. The van der Waals surface area contributed by atoms with Crippen LogP contribution < -0.4 is 15.5 Å². The van der Waals surface area contributed by atoms with Crippen molar-refractivity contribution in [2.75, 3.05) is 41.7 Å². The van der Waals surface area contributed by atoms with Gasteiger partial charge in [0, 0.05) is 49.0 Å². The number of aromatic nitrogens is 3. The molecule has 0 aliphatic carbocycles. The fourth-order valence-electron chi connectivity index (χ4n) is 4.00. The first kappa shape index (κ1) is 21.6. The van der Waals surface area contributed by atoms with Crippen molar-refractivity contribution in [2.24, 2.45) is 0 Å². The quantitative estimate of drug-likeness (QED) is 0.361. The van der Waals surface area contributed by atoms with E-state index in [1.54, 1.807) is 36.4 Å². The summed E-state index contributed by atoms with van der Waals surface area (Å²) < 4.78 is 18.9. The van der Waals surface area contributed by atoms with E-state index < -0.39 is 5.91 Å². The van der Waals surface area contributed by atoms with Crippen molar-refractivity contribution in [3.05, 3.63) is 65.8 Å². The number of hydrogen-bond acceptors (Lipinski definition) is 7. The third kappa shape index (κ3) is 4.59. The minimum absolute atomic E-state index is 0.156. The number of H-pyrrole nitrogens is 1. The SMILES string of the molecule is O=CNc1ccc2c(NC(=O)c3cc(CN4CCN(c5cccc(F)c5)CC4)on3)n[nH]c2c1. The van der Waals surface area contributed by atoms with Crippen LogP contribution in [-0.2, 0) is 11.3 Å². The van der Waals surface area contributed by atoms with Crippen LogP contribution in [0.25, 0.3) is 10.9 Å². The summed E-state index contributed by atoms with van der Waals surface area (Å²) in [6.07, 6.45) is 0.590. The average molecular weight is 463 g/mol. The van der Waals surface area contributed by atoms with Crippen LogP contribution in [0.5, 0.6) is 0 Å². The van der Waals surface area contributed by atoms with Gasteiger partial charge in [0.2, 0.25) is 6.41 Å². The molecule has 0 atom stereocenters. The van der Waals surface area contributed by atoms with Crippen molar-refractivity contribution in [1.29, 1.82) is 0 Å². The normalized spacial score (nSPS) is 14.3. The lowest BCUT2D eigenvalue weighted by atomic mass is 10.2. The zero-order valence-corrected chi connectivity index (χ0v) is 18.1. The Kier molecular flexibility index (Phi) is 5.91. The van der Waals surface area contributed by atoms with Gasteiger partial charge in [0.25, 0.3) is 5.91 Å². The Balaban J connectivity index is 1.18. The first-order valence-corrected chi connectivity index (χ1v) is 10.8. The molecule has 1 aliphatic heterocycles. The maximum Gasteiger partial charge on any atom is 0.279 e. The molecule has 5 rings (SSSR count). The first-order valence-electron chi connectivity index (χ1n) is 10.8. The Morgan fingerprint density at radius 1 is 1.15 bits per heavy atom. The Hall–Kier alpha value is -4.25. The van der Waals surface area contributed by atoms with E-state index in [4.69, 9.17) is 4.52 Å². The second-order valence-corrected chi connectivity index (χ2v) is 7.97. The zero-order valence-electron chi connectivity index (χ0n) is 18.1. The number of anilines is 3. The summed E-state index contributed by atoms with van der Waals surface area (Å²) in [5.74, 6) is 0.265. The highest BCUT2D eigenvalue weighted by atomic mass is 19.1. The maximum absolute atomic E-state index is 13.5. The molecule has 3 N–H and O–H groups in total. The number of carbonyl (C=O) groups excluding carboxylic acids is 2. The van der Waals surface area contributed by atoms with Crippen LogP contribution in [0.1, 0.15) is 16.2 Å². The predicted molar refractivity (Wildman–Crippen MR) is 124 cm³/mol. The van der Waals surface area contributed by atoms with Crippen molar-refractivity contribution in [3.63, 3.8) is 0 Å². The molecule has 0 spiro atoms. The van der Waals surface area contributed by atoms with E-state index in [1.807, 2.05) is 6.07 Å². The molecule has 11 heteroatoms. The molecule has 0 radical (unpaired) electrons. The fraction of sp³-hybridized carbons (Fsp3) is 0.217. The van der Waals surface area contributed by atoms with Crippen LogP contribution in [0.15, 0.2) is 53.1 Å². The van der Waals surface area contributed by atoms with Crippen LogP contribution in [-0.4, -0.2) is 58.8 Å². The van der Waals surface area contributed by atoms with Crippen molar-refractivity contribution >= 4 is 40.4 Å². The van der Waals surface area contributed by atoms with E-state index >= 15 is 0 Å². The number of aromatic amines is 1. The van der Waals surface area contributed by atoms with Gasteiger partial charge in [0.15, 0.2) is 17.3 Å². The molecule has 2 aromatic carbocycles. The molecule has 2 amide bonds. The van der Waals surface area contributed by atoms with Gasteiger partial charge in [-0.2, -0.15) is 5.10 Å². The lowest BCUT2D eigenvalue weighted by molar-refractivity contribution is -0.105. The molecule has 174 valence electrons. The summed E-state index contributed by atoms with van der Waals surface area (Å²) in [6, 6.07) is 13.4. The maximum atomic E-state index is 13.5. The lowest BCUT2D eigenvalue weighted by Crippen LogP contribution is -2.45. The minimum atomic E-state index is -0.436. The van der Waals surface area contributed by atoms with Gasteiger partial charge in [0.1, 0.15) is 5.82 Å². The van der Waals surface area contributed by atoms with Crippen molar-refractivity contribution < 1.29 is 18.5 Å². The molecule has 0 unspecified atom stereocenters. The minimum Gasteiger partial charge on any atom is -0.369 e. The van der Waals surface area contributed by atoms with Gasteiger partial charge in [-0.1, -0.05) is 11.2 Å². The van der Waals surface area contributed by atoms with Crippen LogP contribution >= 0.6 is 0 Å². The highest BCUT2D eigenvalue weighted by molar-refractivity contribution is 6.07. The lowest BCUT2D eigenvalue weighted by Gasteiger charge is -2.35. The van der Waals surface area contributed by atoms with E-state index in [9.17, 15) is 14.0 Å². The van der Waals surface area contributed by atoms with E-state index in [2.05, 4.69) is 35.8 Å². The van der Waals surface area contributed by atoms with E-state index in [0.717, 1.165) is 31.9 Å². The highest BCUT2D eigenvalue weighted by Gasteiger charge is 2.21. The molecule has 1 fully saturated rings. The summed E-state index contributed by atoms with van der Waals surface area (Å²) in [7, 11) is 0. The van der Waals surface area contributed by atoms with Gasteiger partial charge >= 0.3 is 0 Å². The fourth-order valence-corrected chi connectivity index (χ4v) is 4.00. The summed E-state index contributed by atoms with van der Waals surface area (Å²) in [4.78, 5) is 27.6. The molecule has 1 saturated heterocycles. The summed E-state index contributed by atoms with van der Waals surface area (Å²) in [5.41, 5.74) is 2.31. The van der Waals surface area contributed by atoms with Crippen LogP contribution in [0, 0.1) is 5.82 Å². The van der Waals surface area contributed by atoms with E-state index in [1.165, 1.54) is 6.07 Å². The molecular formula is C23H22FN7O3. The molecule has 4 aromatic rings. The zero-order chi connectivity index (χ0) is 23.5. The van der Waals surface area contributed by atoms with Gasteiger partial charge in [-0.3, -0.25) is 19.6 Å². The molecule has 0 bridgehead atoms. The highest BCUT2D eigenvalue weighted by Crippen LogP contribution is 2.24. The van der Waals surface area contributed by atoms with Gasteiger partial charge < -0.3 is 20.1 Å². The molecule has 3 heterocycles. The Morgan fingerprint density at radius 3 is 2.79 bits per heavy atom. The molecule has 1 aliphatic rings. The Morgan fingerprint density at radius 2 is 2.00 bits per heavy atom. The number of piperazine rings is 1. The number of nitrogens with one attached hydrogen (secondary N) is 3. The van der Waals surface area contributed by atoms with Crippen LogP contribution in [0.4, 0.5) is 21.6 Å². The van der Waals surface area contributed by atoms with Crippen molar-refractivity contribution in [1.82, 2.24) is 20.3 Å². The van der Waals surface area contributed by atoms with Crippen LogP contribution in [0.3, 0.4) is 0 Å². The van der Waals surface area contributed by atoms with Gasteiger partial charge in [-0.05, 0) is 36.4 Å². The second kappa shape index (κ2) is 9.32. The summed E-state index contributed by atoms with van der Waals surface area (Å²) in [5, 5.41) is 16.9. The van der Waals surface area contributed by atoms with Gasteiger partial charge in [0.05, 0.1) is 12.1 Å². The molecule has 10 nitrogen and oxygen atoms in total. The van der Waals surface area contributed by atoms with Crippen molar-refractivity contribution in [2.45, 2.75) is 6.54 Å². The standard InChI is InChI=1S/C23H22FN7O3/c24-15-2-1-3-17(10-15)31-8-6-30(7-9-31)13-18-12-21(29-34-18)23(33)26-22-19-5-4-16(25-14-32)11-20(19)27-28-22/h1-5,10-12,14H,6-9,13H2,(H,25,32)(H2,26,27,28,33). The number of benzene rings is 2. The summed E-state index contributed by atoms with van der Waals surface area (Å²) >= 11 is 0. The number of nitrogens with zero attached hydrogens (tertiary/aromatic N) is 4. The van der Waals surface area contributed by atoms with Crippen LogP contribution in [0.2, 0.25) is 0 Å². The van der Waals surface area contributed by atoms with E-state index in [-0.39, 0.29) is 11.5 Å². The number of hydrogen-bond donors (Lipinski definition) is 3. The van der Waals surface area contributed by atoms with Crippen molar-refractivity contribution in [3.8, 4) is 0 Å². The molecule has 34 heavy (non-hydrogen) atoms. The third-order valence-electron chi connectivity index (χ3n) is 5.74. The molecular weight excluding hydrogens is 441 g/mol. The second-order valence-electron chi connectivity index (χ2n) is 7.97. The topological polar surface area (TPSA) is 119 Å². The number of carbonyl (C=O) groups is 2. The monoisotopic (exact) mass is 463 g/mol. The Labute approximate surface area is 193 Å². The molecule has 0 saturated carbocycles. The molecule has 2 aromatic heterocycles. The summed E-state index contributed by atoms with van der Waals surface area (Å²) in [6.45, 7) is 3.61.